The molecule has 4 unspecified atom stereocenters. The van der Waals surface area contributed by atoms with Gasteiger partial charge in [0.15, 0.2) is 0 Å². The molecule has 4 rings (SSSR count). The summed E-state index contributed by atoms with van der Waals surface area (Å²) in [5.74, 6) is -0.422. The minimum atomic E-state index is -0.855. The topological polar surface area (TPSA) is 57.6 Å². The molecule has 1 heterocycles. The van der Waals surface area contributed by atoms with Crippen LogP contribution < -0.4 is 0 Å². The second kappa shape index (κ2) is 5.08. The molecule has 122 valence electrons. The van der Waals surface area contributed by atoms with Crippen molar-refractivity contribution in [1.29, 1.82) is 0 Å². The number of piperidine rings is 1. The lowest BCUT2D eigenvalue weighted by Gasteiger charge is -2.36. The molecule has 1 aromatic carbocycles. The van der Waals surface area contributed by atoms with Crippen molar-refractivity contribution < 1.29 is 14.7 Å². The highest BCUT2D eigenvalue weighted by Gasteiger charge is 2.62. The molecule has 2 fully saturated rings. The predicted molar refractivity (Wildman–Crippen MR) is 86.1 cm³/mol. The van der Waals surface area contributed by atoms with Crippen molar-refractivity contribution in [3.63, 3.8) is 0 Å². The van der Waals surface area contributed by atoms with E-state index in [4.69, 9.17) is 0 Å². The minimum absolute atomic E-state index is 0.000205. The highest BCUT2D eigenvalue weighted by Crippen LogP contribution is 2.62. The molecule has 0 aromatic heterocycles. The number of nitrogens with zero attached hydrogens (tertiary/aromatic N) is 1. The number of rotatable bonds is 2. The van der Waals surface area contributed by atoms with Crippen LogP contribution in [0.1, 0.15) is 43.7 Å². The summed E-state index contributed by atoms with van der Waals surface area (Å²) in [6.07, 6.45) is 4.45. The number of carbonyl (C=O) groups is 2. The van der Waals surface area contributed by atoms with Gasteiger partial charge in [0.2, 0.25) is 5.91 Å². The zero-order valence-electron chi connectivity index (χ0n) is 13.5. The molecule has 1 saturated heterocycles. The fourth-order valence-corrected chi connectivity index (χ4v) is 4.76. The van der Waals surface area contributed by atoms with E-state index >= 15 is 0 Å². The van der Waals surface area contributed by atoms with Crippen LogP contribution in [0.5, 0.6) is 0 Å². The molecule has 1 N–H and O–H groups in total. The standard InChI is InChI=1S/C19H23NO3/c1-12-7-9-20(16(10-12)18(22)23)17(21)15-11-19(15)8-6-13-4-2-3-5-14(13)19/h2-5,12,15-16H,6-11H2,1H3,(H,22,23). The number of aliphatic carboxylic acids is 1. The van der Waals surface area contributed by atoms with Gasteiger partial charge in [-0.1, -0.05) is 31.2 Å². The summed E-state index contributed by atoms with van der Waals surface area (Å²) in [4.78, 5) is 26.2. The Bertz CT molecular complexity index is 670. The molecule has 1 aromatic rings. The van der Waals surface area contributed by atoms with E-state index in [1.807, 2.05) is 6.07 Å². The highest BCUT2D eigenvalue weighted by atomic mass is 16.4. The lowest BCUT2D eigenvalue weighted by molar-refractivity contribution is -0.153. The van der Waals surface area contributed by atoms with Crippen LogP contribution in [0.3, 0.4) is 0 Å². The zero-order chi connectivity index (χ0) is 16.2. The Hall–Kier alpha value is -1.84. The summed E-state index contributed by atoms with van der Waals surface area (Å²) in [5.41, 5.74) is 2.69. The van der Waals surface area contributed by atoms with E-state index in [0.29, 0.717) is 18.9 Å². The predicted octanol–water partition coefficient (Wildman–Crippen LogP) is 2.60. The summed E-state index contributed by atoms with van der Waals surface area (Å²) in [5, 5.41) is 9.50. The Labute approximate surface area is 136 Å². The van der Waals surface area contributed by atoms with Gasteiger partial charge in [0.05, 0.1) is 0 Å². The van der Waals surface area contributed by atoms with E-state index in [0.717, 1.165) is 25.7 Å². The first-order chi connectivity index (χ1) is 11.0. The largest absolute Gasteiger partial charge is 0.480 e. The van der Waals surface area contributed by atoms with Gasteiger partial charge in [-0.05, 0) is 49.1 Å². The number of carbonyl (C=O) groups excluding carboxylic acids is 1. The van der Waals surface area contributed by atoms with Gasteiger partial charge in [0.1, 0.15) is 6.04 Å². The summed E-state index contributed by atoms with van der Waals surface area (Å²) in [7, 11) is 0. The van der Waals surface area contributed by atoms with Crippen LogP contribution in [0.4, 0.5) is 0 Å². The molecule has 3 aliphatic rings. The van der Waals surface area contributed by atoms with Crippen LogP contribution in [0.15, 0.2) is 24.3 Å². The number of carboxylic acids is 1. The Morgan fingerprint density at radius 2 is 2.09 bits per heavy atom. The summed E-state index contributed by atoms with van der Waals surface area (Å²) in [6, 6.07) is 7.79. The van der Waals surface area contributed by atoms with E-state index in [-0.39, 0.29) is 17.2 Å². The van der Waals surface area contributed by atoms with Crippen LogP contribution in [-0.4, -0.2) is 34.5 Å². The maximum Gasteiger partial charge on any atom is 0.326 e. The van der Waals surface area contributed by atoms with Gasteiger partial charge in [-0.3, -0.25) is 4.79 Å². The first kappa shape index (κ1) is 14.7. The molecule has 23 heavy (non-hydrogen) atoms. The number of likely N-dealkylation sites (tertiary alicyclic amines) is 1. The second-order valence-corrected chi connectivity index (χ2v) is 7.59. The number of benzene rings is 1. The Morgan fingerprint density at radius 3 is 2.87 bits per heavy atom. The number of hydrogen-bond donors (Lipinski definition) is 1. The van der Waals surface area contributed by atoms with Gasteiger partial charge in [0.25, 0.3) is 0 Å². The van der Waals surface area contributed by atoms with Crippen molar-refractivity contribution in [1.82, 2.24) is 4.90 Å². The summed E-state index contributed by atoms with van der Waals surface area (Å²) >= 11 is 0. The molecular formula is C19H23NO3. The molecule has 4 nitrogen and oxygen atoms in total. The first-order valence-electron chi connectivity index (χ1n) is 8.64. The number of aryl methyl sites for hydroxylation is 1. The summed E-state index contributed by atoms with van der Waals surface area (Å²) < 4.78 is 0. The second-order valence-electron chi connectivity index (χ2n) is 7.59. The Morgan fingerprint density at radius 1 is 1.30 bits per heavy atom. The van der Waals surface area contributed by atoms with Crippen molar-refractivity contribution in [3.05, 3.63) is 35.4 Å². The maximum absolute atomic E-state index is 13.0. The molecule has 1 aliphatic heterocycles. The van der Waals surface area contributed by atoms with Gasteiger partial charge in [-0.25, -0.2) is 4.79 Å². The smallest absolute Gasteiger partial charge is 0.326 e. The maximum atomic E-state index is 13.0. The van der Waals surface area contributed by atoms with Gasteiger partial charge in [0, 0.05) is 17.9 Å². The number of carboxylic acid groups (broad SMARTS) is 1. The number of amides is 1. The fourth-order valence-electron chi connectivity index (χ4n) is 4.76. The molecule has 4 heteroatoms. The van der Waals surface area contributed by atoms with Crippen LogP contribution >= 0.6 is 0 Å². The molecule has 0 radical (unpaired) electrons. The van der Waals surface area contributed by atoms with Gasteiger partial charge >= 0.3 is 5.97 Å². The quantitative estimate of drug-likeness (QED) is 0.913. The third-order valence-electron chi connectivity index (χ3n) is 6.20. The van der Waals surface area contributed by atoms with E-state index in [2.05, 4.69) is 25.1 Å². The Kier molecular flexibility index (Phi) is 3.26. The fraction of sp³-hybridized carbons (Fsp3) is 0.579. The average molecular weight is 313 g/mol. The molecule has 2 aliphatic carbocycles. The molecule has 1 saturated carbocycles. The molecule has 1 amide bonds. The Balaban J connectivity index is 1.56. The molecule has 4 atom stereocenters. The number of hydrogen-bond acceptors (Lipinski definition) is 2. The van der Waals surface area contributed by atoms with E-state index in [1.54, 1.807) is 4.90 Å². The average Bonchev–Trinajstić information content (AvgIpc) is 3.16. The van der Waals surface area contributed by atoms with Crippen molar-refractivity contribution in [3.8, 4) is 0 Å². The highest BCUT2D eigenvalue weighted by molar-refractivity contribution is 5.89. The van der Waals surface area contributed by atoms with Crippen LogP contribution in [0, 0.1) is 11.8 Å². The minimum Gasteiger partial charge on any atom is -0.480 e. The van der Waals surface area contributed by atoms with E-state index in [9.17, 15) is 14.7 Å². The summed E-state index contributed by atoms with van der Waals surface area (Å²) in [6.45, 7) is 2.66. The lowest BCUT2D eigenvalue weighted by Crippen LogP contribution is -2.50. The molecule has 0 bridgehead atoms. The third-order valence-corrected chi connectivity index (χ3v) is 6.20. The van der Waals surface area contributed by atoms with Crippen LogP contribution in [0.25, 0.3) is 0 Å². The van der Waals surface area contributed by atoms with Gasteiger partial charge in [-0.15, -0.1) is 0 Å². The zero-order valence-corrected chi connectivity index (χ0v) is 13.5. The first-order valence-corrected chi connectivity index (χ1v) is 8.64. The van der Waals surface area contributed by atoms with E-state index < -0.39 is 12.0 Å². The SMILES string of the molecule is CC1CCN(C(=O)C2CC23CCc2ccccc23)C(C(=O)O)C1. The van der Waals surface area contributed by atoms with Gasteiger partial charge < -0.3 is 10.0 Å². The van der Waals surface area contributed by atoms with Crippen molar-refractivity contribution in [2.24, 2.45) is 11.8 Å². The van der Waals surface area contributed by atoms with Crippen molar-refractivity contribution >= 4 is 11.9 Å². The number of fused-ring (bicyclic) bond motifs is 2. The lowest BCUT2D eigenvalue weighted by atomic mass is 9.90. The molecular weight excluding hydrogens is 290 g/mol. The van der Waals surface area contributed by atoms with Crippen molar-refractivity contribution in [2.45, 2.75) is 50.5 Å². The van der Waals surface area contributed by atoms with Crippen LogP contribution in [-0.2, 0) is 21.4 Å². The monoisotopic (exact) mass is 313 g/mol. The van der Waals surface area contributed by atoms with Crippen molar-refractivity contribution in [2.75, 3.05) is 6.54 Å². The van der Waals surface area contributed by atoms with Gasteiger partial charge in [-0.2, -0.15) is 0 Å². The van der Waals surface area contributed by atoms with E-state index in [1.165, 1.54) is 11.1 Å². The molecule has 1 spiro atoms. The normalized spacial score (nSPS) is 35.2. The third kappa shape index (κ3) is 2.19. The van der Waals surface area contributed by atoms with Crippen LogP contribution in [0.2, 0.25) is 0 Å².